The number of anilines is 1. The molecule has 1 saturated heterocycles. The quantitative estimate of drug-likeness (QED) is 0.870. The summed E-state index contributed by atoms with van der Waals surface area (Å²) < 4.78 is 40.1. The van der Waals surface area contributed by atoms with Crippen LogP contribution in [0.5, 0.6) is 0 Å². The number of sulfonamides is 1. The molecule has 3 rings (SSSR count). The van der Waals surface area contributed by atoms with E-state index in [2.05, 4.69) is 5.32 Å². The first-order valence-corrected chi connectivity index (χ1v) is 10.2. The van der Waals surface area contributed by atoms with E-state index in [-0.39, 0.29) is 11.4 Å². The van der Waals surface area contributed by atoms with E-state index in [1.165, 1.54) is 16.4 Å². The minimum Gasteiger partial charge on any atom is -0.319 e. The van der Waals surface area contributed by atoms with Crippen LogP contribution in [0, 0.1) is 5.82 Å². The number of piperidine rings is 1. The summed E-state index contributed by atoms with van der Waals surface area (Å²) in [6, 6.07) is 12.3. The molecule has 0 spiro atoms. The maximum Gasteiger partial charge on any atom is 0.255 e. The third-order valence-corrected chi connectivity index (χ3v) is 6.25. The van der Waals surface area contributed by atoms with Gasteiger partial charge in [0.1, 0.15) is 5.82 Å². The molecule has 138 valence electrons. The molecule has 0 aliphatic carbocycles. The Bertz CT molecular complexity index is 876. The van der Waals surface area contributed by atoms with Crippen LogP contribution >= 0.6 is 0 Å². The molecule has 2 aromatic carbocycles. The van der Waals surface area contributed by atoms with Crippen molar-refractivity contribution in [2.45, 2.75) is 25.0 Å². The van der Waals surface area contributed by atoms with Gasteiger partial charge in [-0.2, -0.15) is 0 Å². The van der Waals surface area contributed by atoms with Crippen LogP contribution in [0.25, 0.3) is 0 Å². The van der Waals surface area contributed by atoms with Gasteiger partial charge in [0.05, 0.1) is 11.4 Å². The molecular formula is C19H21FN2O3S. The van der Waals surface area contributed by atoms with Crippen LogP contribution in [-0.4, -0.2) is 31.7 Å². The lowest BCUT2D eigenvalue weighted by atomic mass is 10.1. The molecule has 26 heavy (non-hydrogen) atoms. The molecule has 0 saturated carbocycles. The van der Waals surface area contributed by atoms with E-state index in [1.807, 2.05) is 0 Å². The molecule has 0 atom stereocenters. The van der Waals surface area contributed by atoms with E-state index in [1.54, 1.807) is 36.4 Å². The van der Waals surface area contributed by atoms with Gasteiger partial charge in [-0.3, -0.25) is 4.79 Å². The summed E-state index contributed by atoms with van der Waals surface area (Å²) >= 11 is 0. The van der Waals surface area contributed by atoms with Gasteiger partial charge in [0.15, 0.2) is 0 Å². The van der Waals surface area contributed by atoms with Crippen molar-refractivity contribution in [2.24, 2.45) is 0 Å². The Morgan fingerprint density at radius 1 is 1.00 bits per heavy atom. The van der Waals surface area contributed by atoms with E-state index in [0.29, 0.717) is 24.2 Å². The number of hydrogen-bond acceptors (Lipinski definition) is 3. The summed E-state index contributed by atoms with van der Waals surface area (Å²) in [5, 5.41) is 2.51. The van der Waals surface area contributed by atoms with Crippen molar-refractivity contribution in [3.05, 3.63) is 65.5 Å². The third kappa shape index (κ3) is 4.47. The van der Waals surface area contributed by atoms with Crippen molar-refractivity contribution in [3.8, 4) is 0 Å². The number of rotatable bonds is 5. The number of nitrogens with one attached hydrogen (secondary N) is 1. The number of amides is 1. The first-order valence-electron chi connectivity index (χ1n) is 8.58. The van der Waals surface area contributed by atoms with Gasteiger partial charge >= 0.3 is 0 Å². The van der Waals surface area contributed by atoms with Gasteiger partial charge in [0, 0.05) is 18.7 Å². The van der Waals surface area contributed by atoms with Gasteiger partial charge in [-0.1, -0.05) is 30.7 Å². The van der Waals surface area contributed by atoms with E-state index in [4.69, 9.17) is 0 Å². The molecule has 7 heteroatoms. The monoisotopic (exact) mass is 376 g/mol. The summed E-state index contributed by atoms with van der Waals surface area (Å²) in [6.45, 7) is 1.15. The van der Waals surface area contributed by atoms with Crippen LogP contribution in [0.4, 0.5) is 10.1 Å². The van der Waals surface area contributed by atoms with Crippen LogP contribution in [0.2, 0.25) is 0 Å². The van der Waals surface area contributed by atoms with Crippen LogP contribution < -0.4 is 5.32 Å². The Balaban J connectivity index is 1.66. The molecule has 0 radical (unpaired) electrons. The second kappa shape index (κ2) is 7.97. The lowest BCUT2D eigenvalue weighted by Gasteiger charge is -2.25. The number of para-hydroxylation sites is 1. The smallest absolute Gasteiger partial charge is 0.255 e. The van der Waals surface area contributed by atoms with E-state index in [0.717, 1.165) is 19.3 Å². The zero-order valence-corrected chi connectivity index (χ0v) is 15.1. The van der Waals surface area contributed by atoms with Crippen LogP contribution in [0.15, 0.2) is 48.5 Å². The van der Waals surface area contributed by atoms with E-state index in [9.17, 15) is 17.6 Å². The molecule has 1 amide bonds. The molecular weight excluding hydrogens is 355 g/mol. The molecule has 0 unspecified atom stereocenters. The first-order chi connectivity index (χ1) is 12.5. The Kier molecular flexibility index (Phi) is 5.68. The lowest BCUT2D eigenvalue weighted by Crippen LogP contribution is -2.36. The van der Waals surface area contributed by atoms with Gasteiger partial charge < -0.3 is 5.32 Å². The van der Waals surface area contributed by atoms with E-state index < -0.39 is 21.7 Å². The largest absolute Gasteiger partial charge is 0.319 e. The summed E-state index contributed by atoms with van der Waals surface area (Å²) in [6.07, 6.45) is 2.86. The number of benzene rings is 2. The van der Waals surface area contributed by atoms with Crippen molar-refractivity contribution in [1.29, 1.82) is 0 Å². The fourth-order valence-electron chi connectivity index (χ4n) is 2.95. The SMILES string of the molecule is O=C(Nc1ccccc1F)c1ccc(CS(=O)(=O)N2CCCCC2)cc1. The number of hydrogen-bond donors (Lipinski definition) is 1. The molecule has 1 N–H and O–H groups in total. The lowest BCUT2D eigenvalue weighted by molar-refractivity contribution is 0.102. The molecule has 2 aromatic rings. The van der Waals surface area contributed by atoms with Gasteiger partial charge in [0.2, 0.25) is 10.0 Å². The minimum atomic E-state index is -3.34. The van der Waals surface area contributed by atoms with Crippen molar-refractivity contribution in [2.75, 3.05) is 18.4 Å². The summed E-state index contributed by atoms with van der Waals surface area (Å²) in [4.78, 5) is 12.2. The average molecular weight is 376 g/mol. The highest BCUT2D eigenvalue weighted by Crippen LogP contribution is 2.18. The Morgan fingerprint density at radius 3 is 2.31 bits per heavy atom. The second-order valence-corrected chi connectivity index (χ2v) is 8.32. The standard InChI is InChI=1S/C19H21FN2O3S/c20-17-6-2-3-7-18(17)21-19(23)16-10-8-15(9-11-16)14-26(24,25)22-12-4-1-5-13-22/h2-3,6-11H,1,4-5,12-14H2,(H,21,23). The third-order valence-electron chi connectivity index (χ3n) is 4.40. The zero-order valence-electron chi connectivity index (χ0n) is 14.3. The van der Waals surface area contributed by atoms with E-state index >= 15 is 0 Å². The molecule has 0 bridgehead atoms. The van der Waals surface area contributed by atoms with Crippen molar-refractivity contribution in [3.63, 3.8) is 0 Å². The van der Waals surface area contributed by atoms with Crippen molar-refractivity contribution in [1.82, 2.24) is 4.31 Å². The van der Waals surface area contributed by atoms with Crippen LogP contribution in [0.1, 0.15) is 35.2 Å². The molecule has 5 nitrogen and oxygen atoms in total. The van der Waals surface area contributed by atoms with Gasteiger partial charge in [-0.05, 0) is 42.7 Å². The van der Waals surface area contributed by atoms with Gasteiger partial charge in [0.25, 0.3) is 5.91 Å². The molecule has 1 fully saturated rings. The number of carbonyl (C=O) groups is 1. The Labute approximate surface area is 152 Å². The summed E-state index contributed by atoms with van der Waals surface area (Å²) in [5.74, 6) is -1.03. The maximum absolute atomic E-state index is 13.6. The Morgan fingerprint density at radius 2 is 1.65 bits per heavy atom. The van der Waals surface area contributed by atoms with Crippen LogP contribution in [0.3, 0.4) is 0 Å². The normalized spacial score (nSPS) is 15.6. The molecule has 1 heterocycles. The predicted molar refractivity (Wildman–Crippen MR) is 98.8 cm³/mol. The van der Waals surface area contributed by atoms with Gasteiger partial charge in [-0.25, -0.2) is 17.1 Å². The molecule has 1 aliphatic heterocycles. The number of carbonyl (C=O) groups excluding carboxylic acids is 1. The highest BCUT2D eigenvalue weighted by molar-refractivity contribution is 7.88. The van der Waals surface area contributed by atoms with Crippen molar-refractivity contribution < 1.29 is 17.6 Å². The first kappa shape index (κ1) is 18.5. The number of nitrogens with zero attached hydrogens (tertiary/aromatic N) is 1. The maximum atomic E-state index is 13.6. The summed E-state index contributed by atoms with van der Waals surface area (Å²) in [5.41, 5.74) is 1.07. The summed E-state index contributed by atoms with van der Waals surface area (Å²) in [7, 11) is -3.34. The molecule has 0 aromatic heterocycles. The minimum absolute atomic E-state index is 0.0811. The average Bonchev–Trinajstić information content (AvgIpc) is 2.64. The zero-order chi connectivity index (χ0) is 18.6. The van der Waals surface area contributed by atoms with Crippen LogP contribution in [-0.2, 0) is 15.8 Å². The number of halogens is 1. The topological polar surface area (TPSA) is 66.5 Å². The predicted octanol–water partition coefficient (Wildman–Crippen LogP) is 3.39. The molecule has 1 aliphatic rings. The highest BCUT2D eigenvalue weighted by Gasteiger charge is 2.24. The fourth-order valence-corrected chi connectivity index (χ4v) is 4.57. The van der Waals surface area contributed by atoms with Crippen molar-refractivity contribution >= 4 is 21.6 Å². The van der Waals surface area contributed by atoms with Gasteiger partial charge in [-0.15, -0.1) is 0 Å². The highest BCUT2D eigenvalue weighted by atomic mass is 32.2. The Hall–Kier alpha value is -2.25. The fraction of sp³-hybridized carbons (Fsp3) is 0.316. The second-order valence-electron chi connectivity index (χ2n) is 6.35.